The van der Waals surface area contributed by atoms with Crippen LogP contribution in [0.15, 0.2) is 84.2 Å². The van der Waals surface area contributed by atoms with Crippen LogP contribution in [0.25, 0.3) is 0 Å². The van der Waals surface area contributed by atoms with E-state index >= 15 is 0 Å². The van der Waals surface area contributed by atoms with Gasteiger partial charge in [-0.3, -0.25) is 14.4 Å². The third-order valence-corrected chi connectivity index (χ3v) is 7.17. The number of aliphatic carboxylic acids is 1. The highest BCUT2D eigenvalue weighted by Crippen LogP contribution is 2.27. The van der Waals surface area contributed by atoms with Gasteiger partial charge >= 0.3 is 12.0 Å². The molecule has 3 aromatic carbocycles. The SMILES string of the molecule is COc1cc(CC(=O)Nc2ccc([C@@H](CC(=O)O)NC(=O)c3cccs3)cc2)ccc1NC(=O)Nc1ccccc1C. The fourth-order valence-corrected chi connectivity index (χ4v) is 4.82. The zero-order chi connectivity index (χ0) is 30.1. The van der Waals surface area contributed by atoms with E-state index in [1.807, 2.05) is 25.1 Å². The Morgan fingerprint density at radius 1 is 0.881 bits per heavy atom. The number of urea groups is 1. The van der Waals surface area contributed by atoms with E-state index in [9.17, 15) is 24.3 Å². The van der Waals surface area contributed by atoms with E-state index in [4.69, 9.17) is 4.74 Å². The Labute approximate surface area is 246 Å². The molecule has 10 nitrogen and oxygen atoms in total. The van der Waals surface area contributed by atoms with E-state index in [-0.39, 0.29) is 24.7 Å². The number of carbonyl (C=O) groups excluding carboxylic acids is 3. The highest BCUT2D eigenvalue weighted by molar-refractivity contribution is 7.12. The average Bonchev–Trinajstić information content (AvgIpc) is 3.50. The highest BCUT2D eigenvalue weighted by Gasteiger charge is 2.20. The first-order valence-corrected chi connectivity index (χ1v) is 13.9. The molecule has 0 fully saturated rings. The van der Waals surface area contributed by atoms with Gasteiger partial charge in [0.15, 0.2) is 0 Å². The molecule has 4 amide bonds. The number of nitrogens with one attached hydrogen (secondary N) is 4. The van der Waals surface area contributed by atoms with Crippen molar-refractivity contribution in [2.75, 3.05) is 23.1 Å². The van der Waals surface area contributed by atoms with Gasteiger partial charge in [-0.15, -0.1) is 11.3 Å². The molecule has 4 aromatic rings. The fourth-order valence-electron chi connectivity index (χ4n) is 4.19. The summed E-state index contributed by atoms with van der Waals surface area (Å²) < 4.78 is 5.43. The predicted molar refractivity (Wildman–Crippen MR) is 162 cm³/mol. The van der Waals surface area contributed by atoms with Crippen molar-refractivity contribution < 1.29 is 29.0 Å². The van der Waals surface area contributed by atoms with Crippen LogP contribution in [0.2, 0.25) is 0 Å². The van der Waals surface area contributed by atoms with Crippen molar-refractivity contribution in [2.45, 2.75) is 25.8 Å². The Hall–Kier alpha value is -5.16. The molecule has 216 valence electrons. The van der Waals surface area contributed by atoms with Crippen molar-refractivity contribution >= 4 is 52.2 Å². The summed E-state index contributed by atoms with van der Waals surface area (Å²) >= 11 is 1.27. The molecule has 4 rings (SSSR count). The highest BCUT2D eigenvalue weighted by atomic mass is 32.1. The van der Waals surface area contributed by atoms with Gasteiger partial charge in [0.05, 0.1) is 36.6 Å². The maximum absolute atomic E-state index is 12.8. The Morgan fingerprint density at radius 2 is 1.62 bits per heavy atom. The molecule has 0 unspecified atom stereocenters. The van der Waals surface area contributed by atoms with Gasteiger partial charge in [0, 0.05) is 11.4 Å². The molecular formula is C31H30N4O6S. The van der Waals surface area contributed by atoms with Crippen molar-refractivity contribution in [3.63, 3.8) is 0 Å². The summed E-state index contributed by atoms with van der Waals surface area (Å²) in [6.45, 7) is 1.90. The molecule has 0 radical (unpaired) electrons. The lowest BCUT2D eigenvalue weighted by molar-refractivity contribution is -0.137. The van der Waals surface area contributed by atoms with Crippen molar-refractivity contribution in [2.24, 2.45) is 0 Å². The molecular weight excluding hydrogens is 556 g/mol. The summed E-state index contributed by atoms with van der Waals surface area (Å²) in [4.78, 5) is 49.6. The lowest BCUT2D eigenvalue weighted by atomic mass is 10.0. The van der Waals surface area contributed by atoms with Crippen LogP contribution in [0.4, 0.5) is 21.9 Å². The number of carboxylic acids is 1. The van der Waals surface area contributed by atoms with Gasteiger partial charge in [-0.05, 0) is 65.4 Å². The first-order chi connectivity index (χ1) is 20.2. The zero-order valence-corrected chi connectivity index (χ0v) is 23.8. The molecule has 5 N–H and O–H groups in total. The number of carbonyl (C=O) groups is 4. The van der Waals surface area contributed by atoms with Crippen LogP contribution in [0.1, 0.15) is 38.8 Å². The normalized spacial score (nSPS) is 11.2. The molecule has 0 spiro atoms. The Morgan fingerprint density at radius 3 is 2.29 bits per heavy atom. The van der Waals surface area contributed by atoms with Crippen molar-refractivity contribution in [3.05, 3.63) is 106 Å². The molecule has 1 aromatic heterocycles. The number of methoxy groups -OCH3 is 1. The maximum Gasteiger partial charge on any atom is 0.323 e. The lowest BCUT2D eigenvalue weighted by Crippen LogP contribution is -2.29. The van der Waals surface area contributed by atoms with E-state index in [0.717, 1.165) is 5.56 Å². The Bertz CT molecular complexity index is 1570. The standard InChI is InChI=1S/C31H30N4O6S/c1-19-6-3-4-7-23(19)34-31(40)35-24-14-9-20(16-26(24)41-2)17-28(36)32-22-12-10-21(11-13-22)25(18-29(37)38)33-30(39)27-8-5-15-42-27/h3-16,25H,17-18H2,1-2H3,(H,32,36)(H,33,39)(H,37,38)(H2,34,35,40)/t25-/m1/s1. The number of rotatable bonds is 11. The largest absolute Gasteiger partial charge is 0.495 e. The Balaban J connectivity index is 1.36. The quantitative estimate of drug-likeness (QED) is 0.149. The van der Waals surface area contributed by atoms with Crippen LogP contribution in [-0.4, -0.2) is 36.0 Å². The maximum atomic E-state index is 12.8. The van der Waals surface area contributed by atoms with Crippen LogP contribution >= 0.6 is 11.3 Å². The second-order valence-corrected chi connectivity index (χ2v) is 10.3. The molecule has 1 heterocycles. The second kappa shape index (κ2) is 14.0. The van der Waals surface area contributed by atoms with Gasteiger partial charge in [0.2, 0.25) is 5.91 Å². The van der Waals surface area contributed by atoms with Crippen LogP contribution < -0.4 is 26.0 Å². The van der Waals surface area contributed by atoms with Crippen molar-refractivity contribution in [1.82, 2.24) is 5.32 Å². The number of amides is 4. The van der Waals surface area contributed by atoms with Gasteiger partial charge in [-0.1, -0.05) is 42.5 Å². The minimum Gasteiger partial charge on any atom is -0.495 e. The van der Waals surface area contributed by atoms with Gasteiger partial charge in [-0.2, -0.15) is 0 Å². The fraction of sp³-hybridized carbons (Fsp3) is 0.161. The summed E-state index contributed by atoms with van der Waals surface area (Å²) in [5, 5.41) is 22.2. The van der Waals surface area contributed by atoms with E-state index in [1.165, 1.54) is 18.4 Å². The van der Waals surface area contributed by atoms with Crippen LogP contribution in [-0.2, 0) is 16.0 Å². The van der Waals surface area contributed by atoms with Crippen LogP contribution in [0, 0.1) is 6.92 Å². The molecule has 0 bridgehead atoms. The molecule has 0 aliphatic rings. The van der Waals surface area contributed by atoms with E-state index in [1.54, 1.807) is 66.0 Å². The van der Waals surface area contributed by atoms with Gasteiger partial charge in [-0.25, -0.2) is 4.79 Å². The topological polar surface area (TPSA) is 146 Å². The molecule has 0 saturated heterocycles. The van der Waals surface area contributed by atoms with Crippen LogP contribution in [0.3, 0.4) is 0 Å². The first kappa shape index (κ1) is 29.8. The third-order valence-electron chi connectivity index (χ3n) is 6.30. The Kier molecular flexibility index (Phi) is 9.90. The lowest BCUT2D eigenvalue weighted by Gasteiger charge is -2.17. The van der Waals surface area contributed by atoms with Gasteiger partial charge in [0.25, 0.3) is 5.91 Å². The van der Waals surface area contributed by atoms with E-state index < -0.39 is 18.0 Å². The molecule has 0 aliphatic carbocycles. The first-order valence-electron chi connectivity index (χ1n) is 13.0. The molecule has 1 atom stereocenters. The summed E-state index contributed by atoms with van der Waals surface area (Å²) in [7, 11) is 1.48. The number of benzene rings is 3. The smallest absolute Gasteiger partial charge is 0.323 e. The summed E-state index contributed by atoms with van der Waals surface area (Å²) in [5.74, 6) is -1.28. The number of ether oxygens (including phenoxy) is 1. The average molecular weight is 587 g/mol. The van der Waals surface area contributed by atoms with E-state index in [2.05, 4.69) is 21.3 Å². The molecule has 11 heteroatoms. The molecule has 42 heavy (non-hydrogen) atoms. The summed E-state index contributed by atoms with van der Waals surface area (Å²) in [6.07, 6.45) is -0.241. The third kappa shape index (κ3) is 8.18. The van der Waals surface area contributed by atoms with Gasteiger partial charge in [0.1, 0.15) is 5.75 Å². The minimum atomic E-state index is -1.05. The summed E-state index contributed by atoms with van der Waals surface area (Å²) in [6, 6.07) is 21.4. The number of thiophene rings is 1. The van der Waals surface area contributed by atoms with Gasteiger partial charge < -0.3 is 31.1 Å². The van der Waals surface area contributed by atoms with Crippen molar-refractivity contribution in [3.8, 4) is 5.75 Å². The molecule has 0 saturated carbocycles. The summed E-state index contributed by atoms with van der Waals surface area (Å²) in [5.41, 5.74) is 3.85. The number of anilines is 3. The van der Waals surface area contributed by atoms with Crippen LogP contribution in [0.5, 0.6) is 5.75 Å². The van der Waals surface area contributed by atoms with E-state index in [0.29, 0.717) is 38.8 Å². The number of aryl methyl sites for hydroxylation is 1. The number of para-hydroxylation sites is 1. The number of carboxylic acid groups (broad SMARTS) is 1. The second-order valence-electron chi connectivity index (χ2n) is 9.38. The minimum absolute atomic E-state index is 0.0479. The number of hydrogen-bond acceptors (Lipinski definition) is 6. The predicted octanol–water partition coefficient (Wildman–Crippen LogP) is 5.84. The molecule has 0 aliphatic heterocycles. The zero-order valence-electron chi connectivity index (χ0n) is 23.0. The number of hydrogen-bond donors (Lipinski definition) is 5. The monoisotopic (exact) mass is 586 g/mol. The van der Waals surface area contributed by atoms with Crippen molar-refractivity contribution in [1.29, 1.82) is 0 Å².